The van der Waals surface area contributed by atoms with Gasteiger partial charge in [0.25, 0.3) is 0 Å². The van der Waals surface area contributed by atoms with Crippen molar-refractivity contribution in [3.8, 4) is 0 Å². The SMILES string of the molecule is CN(C)CC1CCCC(=Cc2ccc(Cl)cc2)C1(O)CC1CCCCC1. The van der Waals surface area contributed by atoms with Crippen molar-refractivity contribution in [3.05, 3.63) is 40.4 Å². The monoisotopic (exact) mass is 375 g/mol. The Labute approximate surface area is 164 Å². The average molecular weight is 376 g/mol. The number of rotatable bonds is 5. The topological polar surface area (TPSA) is 23.5 Å². The fraction of sp³-hybridized carbons (Fsp3) is 0.652. The third-order valence-corrected chi connectivity index (χ3v) is 6.60. The molecule has 0 saturated heterocycles. The van der Waals surface area contributed by atoms with Crippen molar-refractivity contribution in [1.29, 1.82) is 0 Å². The maximum absolute atomic E-state index is 12.0. The Morgan fingerprint density at radius 3 is 2.42 bits per heavy atom. The van der Waals surface area contributed by atoms with Crippen LogP contribution in [-0.4, -0.2) is 36.2 Å². The standard InChI is InChI=1S/C23H34ClNO/c1-25(2)17-21-10-6-9-20(15-18-11-13-22(24)14-12-18)23(21,26)16-19-7-4-3-5-8-19/h11-15,19,21,26H,3-10,16-17H2,1-2H3. The van der Waals surface area contributed by atoms with Gasteiger partial charge < -0.3 is 10.0 Å². The summed E-state index contributed by atoms with van der Waals surface area (Å²) in [6.45, 7) is 0.960. The second-order valence-electron chi connectivity index (χ2n) is 8.70. The van der Waals surface area contributed by atoms with Crippen molar-refractivity contribution in [2.75, 3.05) is 20.6 Å². The molecule has 0 bridgehead atoms. The highest BCUT2D eigenvalue weighted by atomic mass is 35.5. The zero-order valence-corrected chi connectivity index (χ0v) is 17.1. The summed E-state index contributed by atoms with van der Waals surface area (Å²) in [5.74, 6) is 0.997. The highest BCUT2D eigenvalue weighted by molar-refractivity contribution is 6.30. The molecule has 144 valence electrons. The predicted molar refractivity (Wildman–Crippen MR) is 111 cm³/mol. The largest absolute Gasteiger partial charge is 0.385 e. The molecule has 0 heterocycles. The zero-order chi connectivity index (χ0) is 18.6. The lowest BCUT2D eigenvalue weighted by molar-refractivity contribution is -0.0349. The molecular weight excluding hydrogens is 342 g/mol. The third kappa shape index (κ3) is 4.91. The Morgan fingerprint density at radius 2 is 1.77 bits per heavy atom. The summed E-state index contributed by atoms with van der Waals surface area (Å²) in [4.78, 5) is 2.24. The van der Waals surface area contributed by atoms with Crippen molar-refractivity contribution >= 4 is 17.7 Å². The van der Waals surface area contributed by atoms with Crippen LogP contribution in [-0.2, 0) is 0 Å². The fourth-order valence-electron chi connectivity index (χ4n) is 5.03. The minimum Gasteiger partial charge on any atom is -0.385 e. The molecule has 2 aliphatic rings. The van der Waals surface area contributed by atoms with Gasteiger partial charge in [-0.3, -0.25) is 0 Å². The summed E-state index contributed by atoms with van der Waals surface area (Å²) in [7, 11) is 4.25. The van der Waals surface area contributed by atoms with Gasteiger partial charge in [-0.25, -0.2) is 0 Å². The van der Waals surface area contributed by atoms with Crippen LogP contribution in [0.15, 0.2) is 29.8 Å². The molecule has 0 amide bonds. The highest BCUT2D eigenvalue weighted by Gasteiger charge is 2.44. The van der Waals surface area contributed by atoms with Crippen molar-refractivity contribution in [2.45, 2.75) is 63.4 Å². The van der Waals surface area contributed by atoms with Gasteiger partial charge in [-0.1, -0.05) is 61.9 Å². The van der Waals surface area contributed by atoms with Crippen LogP contribution in [0.3, 0.4) is 0 Å². The van der Waals surface area contributed by atoms with Gasteiger partial charge in [0.2, 0.25) is 0 Å². The average Bonchev–Trinajstić information content (AvgIpc) is 2.61. The van der Waals surface area contributed by atoms with E-state index in [0.29, 0.717) is 11.8 Å². The fourth-order valence-corrected chi connectivity index (χ4v) is 5.15. The Kier molecular flexibility index (Phi) is 6.82. The van der Waals surface area contributed by atoms with Crippen LogP contribution < -0.4 is 0 Å². The van der Waals surface area contributed by atoms with E-state index in [1.807, 2.05) is 12.1 Å². The second-order valence-corrected chi connectivity index (χ2v) is 9.14. The molecule has 2 fully saturated rings. The summed E-state index contributed by atoms with van der Waals surface area (Å²) in [5, 5.41) is 12.7. The van der Waals surface area contributed by atoms with Crippen LogP contribution in [0.5, 0.6) is 0 Å². The van der Waals surface area contributed by atoms with Crippen molar-refractivity contribution in [3.63, 3.8) is 0 Å². The first-order chi connectivity index (χ1) is 12.5. The summed E-state index contributed by atoms with van der Waals surface area (Å²) in [6, 6.07) is 8.00. The van der Waals surface area contributed by atoms with Gasteiger partial charge in [-0.15, -0.1) is 0 Å². The van der Waals surface area contributed by atoms with Crippen molar-refractivity contribution in [1.82, 2.24) is 4.90 Å². The number of hydrogen-bond acceptors (Lipinski definition) is 2. The number of benzene rings is 1. The van der Waals surface area contributed by atoms with Crippen LogP contribution in [0.4, 0.5) is 0 Å². The van der Waals surface area contributed by atoms with E-state index in [1.165, 1.54) is 44.1 Å². The number of aliphatic hydroxyl groups is 1. The van der Waals surface area contributed by atoms with Gasteiger partial charge >= 0.3 is 0 Å². The summed E-state index contributed by atoms with van der Waals surface area (Å²) in [6.07, 6.45) is 13.1. The van der Waals surface area contributed by atoms with E-state index in [9.17, 15) is 5.11 Å². The first kappa shape index (κ1) is 19.9. The molecule has 2 atom stereocenters. The van der Waals surface area contributed by atoms with E-state index in [4.69, 9.17) is 11.6 Å². The molecule has 3 rings (SSSR count). The molecule has 2 aliphatic carbocycles. The van der Waals surface area contributed by atoms with Crippen LogP contribution in [0.2, 0.25) is 5.02 Å². The Bertz CT molecular complexity index is 603. The third-order valence-electron chi connectivity index (χ3n) is 6.35. The first-order valence-corrected chi connectivity index (χ1v) is 10.7. The van der Waals surface area contributed by atoms with E-state index < -0.39 is 5.60 Å². The molecule has 2 nitrogen and oxygen atoms in total. The van der Waals surface area contributed by atoms with Gasteiger partial charge in [-0.2, -0.15) is 0 Å². The molecule has 1 aromatic rings. The Balaban J connectivity index is 1.89. The van der Waals surface area contributed by atoms with Crippen LogP contribution in [0.1, 0.15) is 63.4 Å². The highest BCUT2D eigenvalue weighted by Crippen LogP contribution is 2.45. The smallest absolute Gasteiger partial charge is 0.0902 e. The first-order valence-electron chi connectivity index (χ1n) is 10.3. The van der Waals surface area contributed by atoms with E-state index in [-0.39, 0.29) is 0 Å². The molecule has 0 aromatic heterocycles. The minimum absolute atomic E-state index is 0.326. The summed E-state index contributed by atoms with van der Waals surface area (Å²) in [5.41, 5.74) is 1.73. The number of hydrogen-bond donors (Lipinski definition) is 1. The number of nitrogens with zero attached hydrogens (tertiary/aromatic N) is 1. The zero-order valence-electron chi connectivity index (χ0n) is 16.4. The molecule has 3 heteroatoms. The summed E-state index contributed by atoms with van der Waals surface area (Å²) < 4.78 is 0. The number of halogens is 1. The molecule has 0 spiro atoms. The molecule has 2 saturated carbocycles. The second kappa shape index (κ2) is 8.91. The maximum Gasteiger partial charge on any atom is 0.0902 e. The van der Waals surface area contributed by atoms with Gasteiger partial charge in [0, 0.05) is 17.5 Å². The Morgan fingerprint density at radius 1 is 1.08 bits per heavy atom. The quantitative estimate of drug-likeness (QED) is 0.704. The van der Waals surface area contributed by atoms with Gasteiger partial charge in [-0.05, 0) is 69.0 Å². The minimum atomic E-state index is -0.663. The molecule has 1 N–H and O–H groups in total. The molecular formula is C23H34ClNO. The van der Waals surface area contributed by atoms with Gasteiger partial charge in [0.1, 0.15) is 0 Å². The lowest BCUT2D eigenvalue weighted by Crippen LogP contribution is -2.48. The summed E-state index contributed by atoms with van der Waals surface area (Å²) >= 11 is 6.04. The predicted octanol–water partition coefficient (Wildman–Crippen LogP) is 5.79. The van der Waals surface area contributed by atoms with E-state index in [0.717, 1.165) is 36.4 Å². The normalized spacial score (nSPS) is 29.4. The Hall–Kier alpha value is -0.830. The maximum atomic E-state index is 12.0. The van der Waals surface area contributed by atoms with Crippen LogP contribution >= 0.6 is 11.6 Å². The van der Waals surface area contributed by atoms with Crippen LogP contribution in [0.25, 0.3) is 6.08 Å². The lowest BCUT2D eigenvalue weighted by atomic mass is 9.66. The molecule has 1 aromatic carbocycles. The molecule has 26 heavy (non-hydrogen) atoms. The van der Waals surface area contributed by atoms with Gasteiger partial charge in [0.15, 0.2) is 0 Å². The molecule has 2 unspecified atom stereocenters. The van der Waals surface area contributed by atoms with Crippen molar-refractivity contribution < 1.29 is 5.11 Å². The van der Waals surface area contributed by atoms with Gasteiger partial charge in [0.05, 0.1) is 5.60 Å². The van der Waals surface area contributed by atoms with Crippen molar-refractivity contribution in [2.24, 2.45) is 11.8 Å². The van der Waals surface area contributed by atoms with Crippen LogP contribution in [0, 0.1) is 11.8 Å². The van der Waals surface area contributed by atoms with E-state index in [2.05, 4.69) is 37.2 Å². The molecule has 0 aliphatic heterocycles. The lowest BCUT2D eigenvalue weighted by Gasteiger charge is -2.45. The van der Waals surface area contributed by atoms with E-state index >= 15 is 0 Å². The van der Waals surface area contributed by atoms with E-state index in [1.54, 1.807) is 0 Å². The molecule has 0 radical (unpaired) electrons.